The maximum absolute atomic E-state index is 13.9. The molecule has 3 rings (SSSR count). The predicted molar refractivity (Wildman–Crippen MR) is 83.1 cm³/mol. The average Bonchev–Trinajstić information content (AvgIpc) is 3.15. The van der Waals surface area contributed by atoms with Crippen molar-refractivity contribution < 1.29 is 22.4 Å². The van der Waals surface area contributed by atoms with E-state index in [9.17, 15) is 22.4 Å². The molecule has 26 heavy (non-hydrogen) atoms. The summed E-state index contributed by atoms with van der Waals surface area (Å²) in [5.74, 6) is -2.11. The highest BCUT2D eigenvalue weighted by Gasteiger charge is 2.34. The van der Waals surface area contributed by atoms with Crippen molar-refractivity contribution in [3.05, 3.63) is 41.9 Å². The number of pyridine rings is 1. The molecule has 6 nitrogen and oxygen atoms in total. The molecule has 2 aromatic heterocycles. The van der Waals surface area contributed by atoms with Gasteiger partial charge in [-0.05, 0) is 25.5 Å². The summed E-state index contributed by atoms with van der Waals surface area (Å²) in [6.45, 7) is 0.708. The Kier molecular flexibility index (Phi) is 5.12. The number of aromatic nitrogens is 3. The number of alkyl halides is 3. The van der Waals surface area contributed by atoms with Gasteiger partial charge in [-0.15, -0.1) is 0 Å². The van der Waals surface area contributed by atoms with Crippen molar-refractivity contribution in [2.24, 2.45) is 0 Å². The van der Waals surface area contributed by atoms with E-state index < -0.39 is 17.8 Å². The Morgan fingerprint density at radius 1 is 1.23 bits per heavy atom. The summed E-state index contributed by atoms with van der Waals surface area (Å²) in [6.07, 6.45) is -0.124. The van der Waals surface area contributed by atoms with Crippen LogP contribution in [-0.4, -0.2) is 33.4 Å². The lowest BCUT2D eigenvalue weighted by Crippen LogP contribution is -2.40. The van der Waals surface area contributed by atoms with E-state index in [1.54, 1.807) is 0 Å². The highest BCUT2D eigenvalue weighted by Crippen LogP contribution is 2.27. The minimum atomic E-state index is -4.64. The number of hydrogen-bond acceptors (Lipinski definition) is 5. The first kappa shape index (κ1) is 18.2. The second-order valence-electron chi connectivity index (χ2n) is 5.82. The van der Waals surface area contributed by atoms with Gasteiger partial charge in [0.1, 0.15) is 5.82 Å². The second-order valence-corrected chi connectivity index (χ2v) is 5.82. The van der Waals surface area contributed by atoms with Crippen molar-refractivity contribution in [3.8, 4) is 11.3 Å². The summed E-state index contributed by atoms with van der Waals surface area (Å²) in [5, 5.41) is 5.68. The van der Waals surface area contributed by atoms with Crippen LogP contribution in [0.4, 0.5) is 17.6 Å². The van der Waals surface area contributed by atoms with E-state index in [1.165, 1.54) is 6.07 Å². The average molecular weight is 369 g/mol. The van der Waals surface area contributed by atoms with E-state index in [-0.39, 0.29) is 35.3 Å². The fourth-order valence-corrected chi connectivity index (χ4v) is 2.59. The van der Waals surface area contributed by atoms with Crippen LogP contribution in [0.15, 0.2) is 24.7 Å². The van der Waals surface area contributed by atoms with Crippen LogP contribution in [0.1, 0.15) is 24.2 Å². The first-order valence-electron chi connectivity index (χ1n) is 7.90. The van der Waals surface area contributed by atoms with Crippen LogP contribution >= 0.6 is 0 Å². The molecule has 0 saturated carbocycles. The minimum absolute atomic E-state index is 0.0557. The van der Waals surface area contributed by atoms with E-state index in [4.69, 9.17) is 0 Å². The van der Waals surface area contributed by atoms with Crippen molar-refractivity contribution in [1.29, 1.82) is 0 Å². The van der Waals surface area contributed by atoms with Gasteiger partial charge in [0.15, 0.2) is 0 Å². The normalized spacial score (nSPS) is 17.3. The summed E-state index contributed by atoms with van der Waals surface area (Å²) in [4.78, 5) is 22.3. The molecule has 1 fully saturated rings. The summed E-state index contributed by atoms with van der Waals surface area (Å²) < 4.78 is 51.4. The molecule has 0 unspecified atom stereocenters. The molecule has 2 aromatic rings. The van der Waals surface area contributed by atoms with Crippen LogP contribution in [0, 0.1) is 5.82 Å². The maximum Gasteiger partial charge on any atom is 0.451 e. The van der Waals surface area contributed by atoms with Crippen molar-refractivity contribution in [3.63, 3.8) is 0 Å². The topological polar surface area (TPSA) is 79.8 Å². The van der Waals surface area contributed by atoms with Crippen LogP contribution < -0.4 is 10.6 Å². The van der Waals surface area contributed by atoms with Crippen molar-refractivity contribution in [2.45, 2.75) is 31.6 Å². The van der Waals surface area contributed by atoms with Gasteiger partial charge in [0.2, 0.25) is 11.7 Å². The Hall–Kier alpha value is -2.62. The van der Waals surface area contributed by atoms with Crippen LogP contribution in [0.25, 0.3) is 11.3 Å². The zero-order valence-corrected chi connectivity index (χ0v) is 13.5. The molecule has 10 heteroatoms. The van der Waals surface area contributed by atoms with Gasteiger partial charge in [-0.2, -0.15) is 13.2 Å². The zero-order valence-electron chi connectivity index (χ0n) is 13.5. The van der Waals surface area contributed by atoms with Gasteiger partial charge in [0.25, 0.3) is 0 Å². The van der Waals surface area contributed by atoms with Crippen molar-refractivity contribution >= 4 is 5.91 Å². The number of carbonyl (C=O) groups is 1. The highest BCUT2D eigenvalue weighted by atomic mass is 19.4. The minimum Gasteiger partial charge on any atom is -0.351 e. The largest absolute Gasteiger partial charge is 0.451 e. The maximum atomic E-state index is 13.9. The van der Waals surface area contributed by atoms with Crippen molar-refractivity contribution in [2.75, 3.05) is 6.54 Å². The number of carbonyl (C=O) groups excluding carboxylic acids is 1. The summed E-state index contributed by atoms with van der Waals surface area (Å²) in [7, 11) is 0. The monoisotopic (exact) mass is 369 g/mol. The molecular weight excluding hydrogens is 354 g/mol. The van der Waals surface area contributed by atoms with Gasteiger partial charge in [-0.25, -0.2) is 14.4 Å². The lowest BCUT2D eigenvalue weighted by Gasteiger charge is -2.12. The Bertz CT molecular complexity index is 788. The molecule has 1 amide bonds. The first-order valence-corrected chi connectivity index (χ1v) is 7.90. The molecule has 1 saturated heterocycles. The Morgan fingerprint density at radius 2 is 1.96 bits per heavy atom. The van der Waals surface area contributed by atoms with Gasteiger partial charge in [0, 0.05) is 30.1 Å². The molecule has 1 atom stereocenters. The van der Waals surface area contributed by atoms with Crippen LogP contribution in [0.2, 0.25) is 0 Å². The summed E-state index contributed by atoms with van der Waals surface area (Å²) >= 11 is 0. The number of hydrogen-bond donors (Lipinski definition) is 2. The number of halogens is 4. The SMILES string of the molecule is O=C(NCc1cc(-c2cnc(C(F)(F)F)nc2)ncc1F)[C@@H]1CCCN1. The lowest BCUT2D eigenvalue weighted by atomic mass is 10.1. The summed E-state index contributed by atoms with van der Waals surface area (Å²) in [5.41, 5.74) is 0.590. The molecule has 0 radical (unpaired) electrons. The molecule has 0 bridgehead atoms. The predicted octanol–water partition coefficient (Wildman–Crippen LogP) is 2.06. The van der Waals surface area contributed by atoms with Gasteiger partial charge < -0.3 is 10.6 Å². The van der Waals surface area contributed by atoms with Crippen molar-refractivity contribution in [1.82, 2.24) is 25.6 Å². The fraction of sp³-hybridized carbons (Fsp3) is 0.375. The van der Waals surface area contributed by atoms with E-state index in [0.717, 1.165) is 38.0 Å². The molecule has 1 aliphatic heterocycles. The van der Waals surface area contributed by atoms with E-state index in [1.807, 2.05) is 0 Å². The Labute approximate surface area is 146 Å². The van der Waals surface area contributed by atoms with Gasteiger partial charge in [0.05, 0.1) is 17.9 Å². The smallest absolute Gasteiger partial charge is 0.351 e. The third-order valence-corrected chi connectivity index (χ3v) is 3.97. The second kappa shape index (κ2) is 7.32. The molecule has 3 heterocycles. The van der Waals surface area contributed by atoms with E-state index in [0.29, 0.717) is 0 Å². The quantitative estimate of drug-likeness (QED) is 0.807. The Morgan fingerprint density at radius 3 is 2.58 bits per heavy atom. The number of amides is 1. The third-order valence-electron chi connectivity index (χ3n) is 3.97. The summed E-state index contributed by atoms with van der Waals surface area (Å²) in [6, 6.07) is 1.06. The molecular formula is C16H15F4N5O. The molecule has 2 N–H and O–H groups in total. The molecule has 1 aliphatic rings. The van der Waals surface area contributed by atoms with E-state index in [2.05, 4.69) is 25.6 Å². The number of rotatable bonds is 4. The first-order chi connectivity index (χ1) is 12.3. The Balaban J connectivity index is 1.73. The van der Waals surface area contributed by atoms with Crippen LogP contribution in [0.5, 0.6) is 0 Å². The molecule has 0 aromatic carbocycles. The van der Waals surface area contributed by atoms with Gasteiger partial charge >= 0.3 is 6.18 Å². The molecule has 138 valence electrons. The standard InChI is InChI=1S/C16H15F4N5O/c17-11-8-22-13(10-6-24-15(25-7-10)16(18,19)20)4-9(11)5-23-14(26)12-2-1-3-21-12/h4,6-8,12,21H,1-3,5H2,(H,23,26)/t12-/m0/s1. The number of nitrogens with zero attached hydrogens (tertiary/aromatic N) is 3. The van der Waals surface area contributed by atoms with Crippen LogP contribution in [-0.2, 0) is 17.5 Å². The van der Waals surface area contributed by atoms with E-state index >= 15 is 0 Å². The molecule has 0 aliphatic carbocycles. The fourth-order valence-electron chi connectivity index (χ4n) is 2.59. The third kappa shape index (κ3) is 4.13. The highest BCUT2D eigenvalue weighted by molar-refractivity contribution is 5.82. The lowest BCUT2D eigenvalue weighted by molar-refractivity contribution is -0.145. The number of nitrogens with one attached hydrogen (secondary N) is 2. The van der Waals surface area contributed by atoms with Gasteiger partial charge in [-0.1, -0.05) is 0 Å². The van der Waals surface area contributed by atoms with Crippen LogP contribution in [0.3, 0.4) is 0 Å². The zero-order chi connectivity index (χ0) is 18.7. The molecule has 0 spiro atoms. The van der Waals surface area contributed by atoms with Gasteiger partial charge in [-0.3, -0.25) is 9.78 Å².